The standard InChI is InChI=1S/C13H24N2O/c1-4-7-11(8-5-2)13(16)15-12(10-14)9-6-3/h11-12H,4-9H2,1-3H3,(H,15,16). The SMILES string of the molecule is CCCC(C#N)NC(=O)C(CCC)CCC. The number of hydrogen-bond acceptors (Lipinski definition) is 2. The zero-order valence-corrected chi connectivity index (χ0v) is 10.8. The van der Waals surface area contributed by atoms with Gasteiger partial charge in [0.2, 0.25) is 5.91 Å². The topological polar surface area (TPSA) is 52.9 Å². The van der Waals surface area contributed by atoms with Crippen molar-refractivity contribution in [3.05, 3.63) is 0 Å². The van der Waals surface area contributed by atoms with Crippen LogP contribution in [-0.4, -0.2) is 11.9 Å². The van der Waals surface area contributed by atoms with Crippen LogP contribution in [0.5, 0.6) is 0 Å². The highest BCUT2D eigenvalue weighted by Crippen LogP contribution is 2.14. The van der Waals surface area contributed by atoms with E-state index in [9.17, 15) is 4.79 Å². The molecule has 0 saturated heterocycles. The lowest BCUT2D eigenvalue weighted by atomic mass is 9.97. The monoisotopic (exact) mass is 224 g/mol. The molecule has 0 aromatic heterocycles. The minimum atomic E-state index is -0.311. The van der Waals surface area contributed by atoms with E-state index >= 15 is 0 Å². The fourth-order valence-electron chi connectivity index (χ4n) is 1.85. The van der Waals surface area contributed by atoms with Gasteiger partial charge in [-0.3, -0.25) is 4.79 Å². The Labute approximate surface area is 99.2 Å². The molecule has 1 unspecified atom stereocenters. The zero-order valence-electron chi connectivity index (χ0n) is 10.8. The van der Waals surface area contributed by atoms with Crippen LogP contribution in [-0.2, 0) is 4.79 Å². The molecule has 0 aromatic carbocycles. The van der Waals surface area contributed by atoms with Gasteiger partial charge in [-0.15, -0.1) is 0 Å². The predicted octanol–water partition coefficient (Wildman–Crippen LogP) is 3.01. The molecule has 0 radical (unpaired) electrons. The van der Waals surface area contributed by atoms with E-state index in [0.29, 0.717) is 0 Å². The smallest absolute Gasteiger partial charge is 0.224 e. The summed E-state index contributed by atoms with van der Waals surface area (Å²) in [6.07, 6.45) is 5.54. The van der Waals surface area contributed by atoms with Gasteiger partial charge in [0.25, 0.3) is 0 Å². The summed E-state index contributed by atoms with van der Waals surface area (Å²) >= 11 is 0. The third kappa shape index (κ3) is 5.75. The van der Waals surface area contributed by atoms with Gasteiger partial charge < -0.3 is 5.32 Å². The molecule has 3 heteroatoms. The maximum Gasteiger partial charge on any atom is 0.224 e. The molecule has 0 bridgehead atoms. The number of amides is 1. The van der Waals surface area contributed by atoms with E-state index in [-0.39, 0.29) is 17.9 Å². The summed E-state index contributed by atoms with van der Waals surface area (Å²) < 4.78 is 0. The van der Waals surface area contributed by atoms with Crippen LogP contribution in [0.3, 0.4) is 0 Å². The highest BCUT2D eigenvalue weighted by molar-refractivity contribution is 5.79. The van der Waals surface area contributed by atoms with Crippen LogP contribution in [0.4, 0.5) is 0 Å². The number of rotatable bonds is 8. The molecule has 0 saturated carbocycles. The zero-order chi connectivity index (χ0) is 12.4. The van der Waals surface area contributed by atoms with Crippen LogP contribution < -0.4 is 5.32 Å². The van der Waals surface area contributed by atoms with Gasteiger partial charge in [-0.25, -0.2) is 0 Å². The number of carbonyl (C=O) groups is 1. The molecule has 0 aliphatic rings. The van der Waals surface area contributed by atoms with Crippen molar-refractivity contribution in [1.82, 2.24) is 5.32 Å². The molecule has 0 spiro atoms. The second-order valence-electron chi connectivity index (χ2n) is 4.25. The highest BCUT2D eigenvalue weighted by atomic mass is 16.1. The van der Waals surface area contributed by atoms with E-state index in [0.717, 1.165) is 38.5 Å². The summed E-state index contributed by atoms with van der Waals surface area (Å²) in [5, 5.41) is 11.7. The van der Waals surface area contributed by atoms with E-state index < -0.39 is 0 Å². The molecule has 0 fully saturated rings. The van der Waals surface area contributed by atoms with Gasteiger partial charge in [0.05, 0.1) is 6.07 Å². The first-order valence-electron chi connectivity index (χ1n) is 6.39. The van der Waals surface area contributed by atoms with Crippen LogP contribution in [0.2, 0.25) is 0 Å². The number of carbonyl (C=O) groups excluding carboxylic acids is 1. The molecule has 0 aliphatic carbocycles. The molecule has 0 rings (SSSR count). The summed E-state index contributed by atoms with van der Waals surface area (Å²) in [7, 11) is 0. The lowest BCUT2D eigenvalue weighted by Crippen LogP contribution is -2.38. The summed E-state index contributed by atoms with van der Waals surface area (Å²) in [5.74, 6) is 0.145. The molecule has 0 aromatic rings. The van der Waals surface area contributed by atoms with Gasteiger partial charge in [-0.2, -0.15) is 5.26 Å². The fourth-order valence-corrected chi connectivity index (χ4v) is 1.85. The predicted molar refractivity (Wildman–Crippen MR) is 65.8 cm³/mol. The third-order valence-electron chi connectivity index (χ3n) is 2.69. The second kappa shape index (κ2) is 9.21. The van der Waals surface area contributed by atoms with Crippen LogP contribution in [0.25, 0.3) is 0 Å². The molecular weight excluding hydrogens is 200 g/mol. The average Bonchev–Trinajstić information content (AvgIpc) is 2.28. The number of hydrogen-bond donors (Lipinski definition) is 1. The van der Waals surface area contributed by atoms with E-state index in [4.69, 9.17) is 5.26 Å². The second-order valence-corrected chi connectivity index (χ2v) is 4.25. The summed E-state index contributed by atoms with van der Waals surface area (Å²) in [5.41, 5.74) is 0. The molecule has 16 heavy (non-hydrogen) atoms. The van der Waals surface area contributed by atoms with Gasteiger partial charge in [0.15, 0.2) is 0 Å². The summed E-state index contributed by atoms with van der Waals surface area (Å²) in [6, 6.07) is 1.83. The normalized spacial score (nSPS) is 12.2. The molecule has 1 N–H and O–H groups in total. The molecule has 1 amide bonds. The average molecular weight is 224 g/mol. The fraction of sp³-hybridized carbons (Fsp3) is 0.846. The molecule has 1 atom stereocenters. The highest BCUT2D eigenvalue weighted by Gasteiger charge is 2.19. The van der Waals surface area contributed by atoms with Crippen molar-refractivity contribution in [2.45, 2.75) is 65.3 Å². The Bertz CT molecular complexity index is 227. The van der Waals surface area contributed by atoms with Crippen molar-refractivity contribution < 1.29 is 4.79 Å². The van der Waals surface area contributed by atoms with E-state index in [1.807, 2.05) is 6.92 Å². The van der Waals surface area contributed by atoms with Crippen molar-refractivity contribution in [1.29, 1.82) is 5.26 Å². The Morgan fingerprint density at radius 1 is 1.12 bits per heavy atom. The van der Waals surface area contributed by atoms with Crippen molar-refractivity contribution in [3.8, 4) is 6.07 Å². The largest absolute Gasteiger partial charge is 0.340 e. The Balaban J connectivity index is 4.21. The molecule has 92 valence electrons. The molecule has 3 nitrogen and oxygen atoms in total. The van der Waals surface area contributed by atoms with Gasteiger partial charge >= 0.3 is 0 Å². The number of nitriles is 1. The minimum Gasteiger partial charge on any atom is -0.340 e. The van der Waals surface area contributed by atoms with E-state index in [1.165, 1.54) is 0 Å². The van der Waals surface area contributed by atoms with Gasteiger partial charge in [0.1, 0.15) is 6.04 Å². The Hall–Kier alpha value is -1.04. The van der Waals surface area contributed by atoms with Crippen molar-refractivity contribution in [2.24, 2.45) is 5.92 Å². The van der Waals surface area contributed by atoms with Crippen LogP contribution in [0.15, 0.2) is 0 Å². The number of nitrogens with zero attached hydrogens (tertiary/aromatic N) is 1. The van der Waals surface area contributed by atoms with Crippen molar-refractivity contribution >= 4 is 5.91 Å². The summed E-state index contributed by atoms with van der Waals surface area (Å²) in [4.78, 5) is 11.9. The lowest BCUT2D eigenvalue weighted by molar-refractivity contribution is -0.125. The Morgan fingerprint density at radius 3 is 2.00 bits per heavy atom. The van der Waals surface area contributed by atoms with E-state index in [2.05, 4.69) is 25.2 Å². The van der Waals surface area contributed by atoms with Crippen molar-refractivity contribution in [2.75, 3.05) is 0 Å². The van der Waals surface area contributed by atoms with Crippen molar-refractivity contribution in [3.63, 3.8) is 0 Å². The maximum atomic E-state index is 11.9. The number of nitrogens with one attached hydrogen (secondary N) is 1. The van der Waals surface area contributed by atoms with Gasteiger partial charge in [-0.1, -0.05) is 40.0 Å². The third-order valence-corrected chi connectivity index (χ3v) is 2.69. The first-order valence-corrected chi connectivity index (χ1v) is 6.39. The molecular formula is C13H24N2O. The Morgan fingerprint density at radius 2 is 1.62 bits per heavy atom. The molecule has 0 aliphatic heterocycles. The summed E-state index contributed by atoms with van der Waals surface area (Å²) in [6.45, 7) is 6.19. The van der Waals surface area contributed by atoms with Gasteiger partial charge in [-0.05, 0) is 19.3 Å². The quantitative estimate of drug-likeness (QED) is 0.689. The molecule has 0 heterocycles. The minimum absolute atomic E-state index is 0.0590. The van der Waals surface area contributed by atoms with Crippen LogP contribution >= 0.6 is 0 Å². The maximum absolute atomic E-state index is 11.9. The first kappa shape index (κ1) is 15.0. The van der Waals surface area contributed by atoms with Crippen LogP contribution in [0.1, 0.15) is 59.3 Å². The first-order chi connectivity index (χ1) is 7.69. The lowest BCUT2D eigenvalue weighted by Gasteiger charge is -2.17. The van der Waals surface area contributed by atoms with E-state index in [1.54, 1.807) is 0 Å². The van der Waals surface area contributed by atoms with Gasteiger partial charge in [0, 0.05) is 5.92 Å². The van der Waals surface area contributed by atoms with Crippen LogP contribution in [0, 0.1) is 17.2 Å². The Kier molecular flexibility index (Phi) is 8.61.